The summed E-state index contributed by atoms with van der Waals surface area (Å²) in [7, 11) is 0. The highest BCUT2D eigenvalue weighted by atomic mass is 19.1. The van der Waals surface area contributed by atoms with Crippen LogP contribution in [0.5, 0.6) is 0 Å². The summed E-state index contributed by atoms with van der Waals surface area (Å²) >= 11 is 0. The molecule has 34 heavy (non-hydrogen) atoms. The Balaban J connectivity index is 2.42. The number of benzene rings is 1. The summed E-state index contributed by atoms with van der Waals surface area (Å²) in [5.41, 5.74) is -1.15. The molecule has 2 N–H and O–H groups in total. The van der Waals surface area contributed by atoms with Gasteiger partial charge in [-0.25, -0.2) is 13.6 Å². The molecule has 1 unspecified atom stereocenters. The molecule has 184 valence electrons. The number of amides is 2. The first-order chi connectivity index (χ1) is 15.7. The predicted molar refractivity (Wildman–Crippen MR) is 124 cm³/mol. The lowest BCUT2D eigenvalue weighted by atomic mass is 9.88. The molecule has 1 heterocycles. The van der Waals surface area contributed by atoms with Crippen molar-refractivity contribution in [3.8, 4) is 0 Å². The molecule has 0 fully saturated rings. The van der Waals surface area contributed by atoms with Crippen LogP contribution in [0.2, 0.25) is 0 Å². The molecule has 0 saturated heterocycles. The zero-order valence-electron chi connectivity index (χ0n) is 20.3. The average molecular weight is 476 g/mol. The molecule has 0 spiro atoms. The van der Waals surface area contributed by atoms with E-state index >= 15 is 0 Å². The van der Waals surface area contributed by atoms with Gasteiger partial charge >= 0.3 is 6.09 Å². The number of aromatic nitrogens is 1. The maximum atomic E-state index is 14.4. The van der Waals surface area contributed by atoms with E-state index in [1.54, 1.807) is 47.6 Å². The Hall–Kier alpha value is -3.36. The Labute approximate surface area is 198 Å². The summed E-state index contributed by atoms with van der Waals surface area (Å²) in [6, 6.07) is 5.99. The van der Waals surface area contributed by atoms with E-state index in [2.05, 4.69) is 15.6 Å². The molecule has 1 atom stereocenters. The van der Waals surface area contributed by atoms with Crippen LogP contribution in [0.1, 0.15) is 69.1 Å². The van der Waals surface area contributed by atoms with Gasteiger partial charge in [0.15, 0.2) is 5.78 Å². The Morgan fingerprint density at radius 3 is 2.35 bits per heavy atom. The summed E-state index contributed by atoms with van der Waals surface area (Å²) < 4.78 is 33.4. The van der Waals surface area contributed by atoms with Gasteiger partial charge in [-0.3, -0.25) is 14.6 Å². The minimum Gasteiger partial charge on any atom is -0.444 e. The van der Waals surface area contributed by atoms with Gasteiger partial charge in [0.1, 0.15) is 17.2 Å². The molecule has 7 nitrogen and oxygen atoms in total. The third-order valence-electron chi connectivity index (χ3n) is 4.53. The van der Waals surface area contributed by atoms with E-state index in [0.717, 1.165) is 18.2 Å². The molecule has 2 aromatic rings. The molecular formula is C25H31F2N3O4. The minimum absolute atomic E-state index is 0.0524. The van der Waals surface area contributed by atoms with Crippen LogP contribution >= 0.6 is 0 Å². The van der Waals surface area contributed by atoms with Gasteiger partial charge < -0.3 is 15.4 Å². The monoisotopic (exact) mass is 475 g/mol. The smallest absolute Gasteiger partial charge is 0.408 e. The largest absolute Gasteiger partial charge is 0.444 e. The highest BCUT2D eigenvalue weighted by molar-refractivity contribution is 5.98. The van der Waals surface area contributed by atoms with Crippen molar-refractivity contribution < 1.29 is 27.9 Å². The van der Waals surface area contributed by atoms with Crippen molar-refractivity contribution >= 4 is 17.8 Å². The van der Waals surface area contributed by atoms with Crippen LogP contribution in [-0.4, -0.2) is 40.5 Å². The first-order valence-electron chi connectivity index (χ1n) is 10.9. The fourth-order valence-electron chi connectivity index (χ4n) is 3.17. The normalized spacial score (nSPS) is 12.6. The van der Waals surface area contributed by atoms with E-state index in [-0.39, 0.29) is 23.2 Å². The fraction of sp³-hybridized carbons (Fsp3) is 0.440. The second-order valence-corrected chi connectivity index (χ2v) is 9.95. The Morgan fingerprint density at radius 2 is 1.74 bits per heavy atom. The van der Waals surface area contributed by atoms with Crippen LogP contribution in [-0.2, 0) is 16.0 Å². The second-order valence-electron chi connectivity index (χ2n) is 9.95. The number of ketones is 1. The van der Waals surface area contributed by atoms with Crippen LogP contribution < -0.4 is 10.6 Å². The molecule has 0 aliphatic carbocycles. The third-order valence-corrected chi connectivity index (χ3v) is 4.53. The van der Waals surface area contributed by atoms with E-state index in [4.69, 9.17) is 4.74 Å². The zero-order chi connectivity index (χ0) is 25.7. The van der Waals surface area contributed by atoms with E-state index < -0.39 is 53.0 Å². The molecular weight excluding hydrogens is 444 g/mol. The number of carbonyl (C=O) groups excluding carboxylic acids is 3. The summed E-state index contributed by atoms with van der Waals surface area (Å²) in [6.07, 6.45) is 0.348. The van der Waals surface area contributed by atoms with Crippen LogP contribution in [0.15, 0.2) is 36.5 Å². The Bertz CT molecular complexity index is 1060. The van der Waals surface area contributed by atoms with E-state index in [9.17, 15) is 23.2 Å². The summed E-state index contributed by atoms with van der Waals surface area (Å²) in [5.74, 6) is -3.50. The van der Waals surface area contributed by atoms with Gasteiger partial charge in [-0.2, -0.15) is 0 Å². The van der Waals surface area contributed by atoms with Crippen molar-refractivity contribution in [2.24, 2.45) is 0 Å². The van der Waals surface area contributed by atoms with Crippen molar-refractivity contribution in [3.05, 3.63) is 65.0 Å². The Morgan fingerprint density at radius 1 is 1.06 bits per heavy atom. The number of pyridine rings is 1. The van der Waals surface area contributed by atoms with Gasteiger partial charge in [0.25, 0.3) is 5.91 Å². The van der Waals surface area contributed by atoms with Crippen molar-refractivity contribution in [1.82, 2.24) is 15.6 Å². The summed E-state index contributed by atoms with van der Waals surface area (Å²) in [4.78, 5) is 42.4. The molecule has 9 heteroatoms. The predicted octanol–water partition coefficient (Wildman–Crippen LogP) is 4.31. The maximum Gasteiger partial charge on any atom is 0.408 e. The quantitative estimate of drug-likeness (QED) is 0.622. The molecule has 0 saturated carbocycles. The third kappa shape index (κ3) is 8.20. The Kier molecular flexibility index (Phi) is 8.47. The zero-order valence-corrected chi connectivity index (χ0v) is 20.3. The highest BCUT2D eigenvalue weighted by Gasteiger charge is 2.30. The number of nitrogens with one attached hydrogen (secondary N) is 2. The van der Waals surface area contributed by atoms with Crippen molar-refractivity contribution in [2.75, 3.05) is 6.54 Å². The van der Waals surface area contributed by atoms with Crippen LogP contribution in [0.25, 0.3) is 0 Å². The maximum absolute atomic E-state index is 14.4. The number of carbonyl (C=O) groups is 3. The van der Waals surface area contributed by atoms with Gasteiger partial charge in [0.05, 0.1) is 23.7 Å². The van der Waals surface area contributed by atoms with Crippen LogP contribution in [0.4, 0.5) is 13.6 Å². The number of alkyl carbamates (subject to hydrolysis) is 1. The second kappa shape index (κ2) is 10.7. The van der Waals surface area contributed by atoms with Gasteiger partial charge in [0.2, 0.25) is 0 Å². The number of hydrogen-bond donors (Lipinski definition) is 2. The number of nitrogens with zero attached hydrogens (tertiary/aromatic N) is 1. The molecule has 0 aliphatic rings. The molecule has 2 amide bonds. The number of Topliss-reactive ketones (excluding diaryl/α,β-unsaturated/α-hetero) is 1. The molecule has 0 radical (unpaired) electrons. The lowest BCUT2D eigenvalue weighted by molar-refractivity contribution is -0.119. The van der Waals surface area contributed by atoms with Crippen molar-refractivity contribution in [2.45, 2.75) is 65.0 Å². The summed E-state index contributed by atoms with van der Waals surface area (Å²) in [6.45, 7) is 9.99. The van der Waals surface area contributed by atoms with Crippen LogP contribution in [0.3, 0.4) is 0 Å². The summed E-state index contributed by atoms with van der Waals surface area (Å²) in [5, 5.41) is 5.20. The van der Waals surface area contributed by atoms with Crippen LogP contribution in [0, 0.1) is 11.6 Å². The number of hydrogen-bond acceptors (Lipinski definition) is 5. The minimum atomic E-state index is -1.13. The SMILES string of the molecule is CC(C)(C)NC(=O)c1cccnc1C(Cc1cc(F)ccc1F)C(=O)CNC(=O)OC(C)(C)C. The molecule has 0 bridgehead atoms. The van der Waals surface area contributed by atoms with Gasteiger partial charge in [-0.05, 0) is 83.9 Å². The molecule has 1 aromatic carbocycles. The van der Waals surface area contributed by atoms with Gasteiger partial charge in [-0.15, -0.1) is 0 Å². The van der Waals surface area contributed by atoms with E-state index in [1.165, 1.54) is 12.3 Å². The molecule has 2 rings (SSSR count). The van der Waals surface area contributed by atoms with Crippen molar-refractivity contribution in [3.63, 3.8) is 0 Å². The molecule has 0 aliphatic heterocycles. The number of ether oxygens (including phenoxy) is 1. The lowest BCUT2D eigenvalue weighted by Crippen LogP contribution is -2.41. The molecule has 1 aromatic heterocycles. The van der Waals surface area contributed by atoms with E-state index in [1.807, 2.05) is 0 Å². The lowest BCUT2D eigenvalue weighted by Gasteiger charge is -2.24. The number of halogens is 2. The number of rotatable bonds is 7. The van der Waals surface area contributed by atoms with Crippen molar-refractivity contribution in [1.29, 1.82) is 0 Å². The topological polar surface area (TPSA) is 97.4 Å². The first kappa shape index (κ1) is 26.9. The van der Waals surface area contributed by atoms with Gasteiger partial charge in [-0.1, -0.05) is 0 Å². The standard InChI is InChI=1S/C25H31F2N3O4/c1-24(2,3)30-22(32)17-8-7-11-28-21(17)18(13-15-12-16(26)9-10-19(15)27)20(31)14-29-23(33)34-25(4,5)6/h7-12,18H,13-14H2,1-6H3,(H,29,33)(H,30,32). The fourth-order valence-corrected chi connectivity index (χ4v) is 3.17. The first-order valence-corrected chi connectivity index (χ1v) is 10.9. The van der Waals surface area contributed by atoms with E-state index in [0.29, 0.717) is 0 Å². The van der Waals surface area contributed by atoms with Gasteiger partial charge in [0, 0.05) is 11.7 Å². The average Bonchev–Trinajstić information content (AvgIpc) is 2.70. The highest BCUT2D eigenvalue weighted by Crippen LogP contribution is 2.26.